The smallest absolute Gasteiger partial charge is 0.341 e. The number of nitrogens with one attached hydrogen (secondary N) is 1. The van der Waals surface area contributed by atoms with Crippen molar-refractivity contribution in [2.45, 2.75) is 6.92 Å². The van der Waals surface area contributed by atoms with Crippen LogP contribution in [0.3, 0.4) is 0 Å². The van der Waals surface area contributed by atoms with Gasteiger partial charge in [-0.25, -0.2) is 9.78 Å². The molecule has 2 aromatic carbocycles. The van der Waals surface area contributed by atoms with Crippen LogP contribution in [0.25, 0.3) is 11.3 Å². The summed E-state index contributed by atoms with van der Waals surface area (Å²) in [5, 5.41) is 14.7. The third-order valence-electron chi connectivity index (χ3n) is 3.32. The van der Waals surface area contributed by atoms with Crippen molar-refractivity contribution in [3.8, 4) is 17.0 Å². The number of aryl methyl sites for hydroxylation is 1. The third-order valence-corrected chi connectivity index (χ3v) is 4.08. The fourth-order valence-electron chi connectivity index (χ4n) is 2.09. The van der Waals surface area contributed by atoms with Gasteiger partial charge in [-0.1, -0.05) is 17.7 Å². The lowest BCUT2D eigenvalue weighted by Gasteiger charge is -2.04. The molecule has 0 unspecified atom stereocenters. The highest BCUT2D eigenvalue weighted by molar-refractivity contribution is 7.14. The van der Waals surface area contributed by atoms with Crippen LogP contribution in [0.15, 0.2) is 53.9 Å². The summed E-state index contributed by atoms with van der Waals surface area (Å²) in [6.07, 6.45) is 0. The first-order chi connectivity index (χ1) is 11.6. The fourth-order valence-corrected chi connectivity index (χ4v) is 2.83. The summed E-state index contributed by atoms with van der Waals surface area (Å²) in [5.41, 5.74) is 4.02. The molecule has 122 valence electrons. The summed E-state index contributed by atoms with van der Waals surface area (Å²) in [4.78, 5) is 15.1. The first-order valence-corrected chi connectivity index (χ1v) is 8.22. The molecule has 0 aliphatic heterocycles. The lowest BCUT2D eigenvalue weighted by molar-refractivity contribution is -0.139. The van der Waals surface area contributed by atoms with Crippen LogP contribution in [0.5, 0.6) is 5.75 Å². The van der Waals surface area contributed by atoms with E-state index in [1.165, 1.54) is 16.9 Å². The van der Waals surface area contributed by atoms with Crippen LogP contribution in [-0.2, 0) is 4.79 Å². The number of nitrogens with zero attached hydrogens (tertiary/aromatic N) is 1. The maximum atomic E-state index is 10.5. The minimum atomic E-state index is -0.995. The van der Waals surface area contributed by atoms with Crippen molar-refractivity contribution < 1.29 is 14.6 Å². The van der Waals surface area contributed by atoms with Crippen molar-refractivity contribution in [2.75, 3.05) is 11.9 Å². The first-order valence-electron chi connectivity index (χ1n) is 7.34. The molecule has 0 spiro atoms. The molecular formula is C18H16N2O3S. The maximum absolute atomic E-state index is 10.5. The Labute approximate surface area is 143 Å². The van der Waals surface area contributed by atoms with Crippen molar-refractivity contribution in [1.82, 2.24) is 4.98 Å². The molecule has 0 saturated heterocycles. The van der Waals surface area contributed by atoms with Crippen LogP contribution in [0.1, 0.15) is 5.56 Å². The van der Waals surface area contributed by atoms with Crippen molar-refractivity contribution in [3.63, 3.8) is 0 Å². The minimum absolute atomic E-state index is 0.347. The first kappa shape index (κ1) is 16.0. The lowest BCUT2D eigenvalue weighted by Crippen LogP contribution is -2.09. The molecule has 1 aromatic heterocycles. The Morgan fingerprint density at radius 1 is 1.17 bits per heavy atom. The van der Waals surface area contributed by atoms with Crippen LogP contribution in [-0.4, -0.2) is 22.7 Å². The topological polar surface area (TPSA) is 71.5 Å². The highest BCUT2D eigenvalue weighted by Crippen LogP contribution is 2.28. The quantitative estimate of drug-likeness (QED) is 0.699. The van der Waals surface area contributed by atoms with Crippen LogP contribution >= 0.6 is 11.3 Å². The molecule has 24 heavy (non-hydrogen) atoms. The SMILES string of the molecule is Cc1ccc(Nc2nc(-c3ccc(OCC(=O)O)cc3)cs2)cc1. The van der Waals surface area contributed by atoms with Gasteiger partial charge >= 0.3 is 5.97 Å². The van der Waals surface area contributed by atoms with E-state index in [1.807, 2.05) is 41.8 Å². The number of anilines is 2. The Bertz CT molecular complexity index is 826. The van der Waals surface area contributed by atoms with E-state index in [2.05, 4.69) is 17.2 Å². The van der Waals surface area contributed by atoms with Gasteiger partial charge in [-0.05, 0) is 43.3 Å². The fraction of sp³-hybridized carbons (Fsp3) is 0.111. The zero-order valence-corrected chi connectivity index (χ0v) is 13.8. The Morgan fingerprint density at radius 2 is 1.88 bits per heavy atom. The minimum Gasteiger partial charge on any atom is -0.482 e. The summed E-state index contributed by atoms with van der Waals surface area (Å²) in [6, 6.07) is 15.3. The zero-order chi connectivity index (χ0) is 16.9. The van der Waals surface area contributed by atoms with Gasteiger partial charge < -0.3 is 15.2 Å². The van der Waals surface area contributed by atoms with Crippen LogP contribution in [0.4, 0.5) is 10.8 Å². The van der Waals surface area contributed by atoms with Crippen LogP contribution in [0, 0.1) is 6.92 Å². The Balaban J connectivity index is 1.68. The van der Waals surface area contributed by atoms with Gasteiger partial charge in [0.2, 0.25) is 0 Å². The van der Waals surface area contributed by atoms with Gasteiger partial charge in [0, 0.05) is 16.6 Å². The number of carboxylic acids is 1. The molecule has 0 atom stereocenters. The summed E-state index contributed by atoms with van der Waals surface area (Å²) >= 11 is 1.53. The highest BCUT2D eigenvalue weighted by atomic mass is 32.1. The Kier molecular flexibility index (Phi) is 4.77. The molecule has 0 bridgehead atoms. The second-order valence-electron chi connectivity index (χ2n) is 5.24. The lowest BCUT2D eigenvalue weighted by atomic mass is 10.2. The Morgan fingerprint density at radius 3 is 2.54 bits per heavy atom. The van der Waals surface area contributed by atoms with Gasteiger partial charge in [0.25, 0.3) is 0 Å². The average molecular weight is 340 g/mol. The number of benzene rings is 2. The van der Waals surface area contributed by atoms with E-state index in [0.717, 1.165) is 22.1 Å². The molecule has 1 heterocycles. The van der Waals surface area contributed by atoms with Crippen LogP contribution in [0.2, 0.25) is 0 Å². The van der Waals surface area contributed by atoms with E-state index >= 15 is 0 Å². The molecule has 0 saturated carbocycles. The van der Waals surface area contributed by atoms with Gasteiger partial charge in [-0.15, -0.1) is 11.3 Å². The maximum Gasteiger partial charge on any atom is 0.341 e. The number of hydrogen-bond donors (Lipinski definition) is 2. The predicted octanol–water partition coefficient (Wildman–Crippen LogP) is 4.33. The molecule has 0 fully saturated rings. The summed E-state index contributed by atoms with van der Waals surface area (Å²) < 4.78 is 5.12. The number of aromatic nitrogens is 1. The van der Waals surface area contributed by atoms with Gasteiger partial charge in [0.1, 0.15) is 5.75 Å². The average Bonchev–Trinajstić information content (AvgIpc) is 3.04. The number of thiazole rings is 1. The number of hydrogen-bond acceptors (Lipinski definition) is 5. The molecule has 2 N–H and O–H groups in total. The number of carboxylic acid groups (broad SMARTS) is 1. The summed E-state index contributed by atoms with van der Waals surface area (Å²) in [5.74, 6) is -0.472. The van der Waals surface area contributed by atoms with E-state index in [9.17, 15) is 4.79 Å². The molecule has 6 heteroatoms. The molecule has 0 radical (unpaired) electrons. The standard InChI is InChI=1S/C18H16N2O3S/c1-12-2-6-14(7-3-12)19-18-20-16(11-24-18)13-4-8-15(9-5-13)23-10-17(21)22/h2-9,11H,10H2,1H3,(H,19,20)(H,21,22). The normalized spacial score (nSPS) is 10.4. The van der Waals surface area contributed by atoms with Gasteiger partial charge in [0.05, 0.1) is 5.69 Å². The van der Waals surface area contributed by atoms with E-state index < -0.39 is 5.97 Å². The number of ether oxygens (including phenoxy) is 1. The van der Waals surface area contributed by atoms with Gasteiger partial charge in [0.15, 0.2) is 11.7 Å². The molecule has 3 rings (SSSR count). The zero-order valence-electron chi connectivity index (χ0n) is 13.0. The number of aliphatic carboxylic acids is 1. The number of rotatable bonds is 6. The van der Waals surface area contributed by atoms with Crippen molar-refractivity contribution >= 4 is 28.1 Å². The predicted molar refractivity (Wildman–Crippen MR) is 95.1 cm³/mol. The largest absolute Gasteiger partial charge is 0.482 e. The highest BCUT2D eigenvalue weighted by Gasteiger charge is 2.06. The second-order valence-corrected chi connectivity index (χ2v) is 6.09. The summed E-state index contributed by atoms with van der Waals surface area (Å²) in [7, 11) is 0. The Hall–Kier alpha value is -2.86. The van der Waals surface area contributed by atoms with E-state index in [-0.39, 0.29) is 6.61 Å². The van der Waals surface area contributed by atoms with E-state index in [1.54, 1.807) is 12.1 Å². The molecule has 5 nitrogen and oxygen atoms in total. The third kappa shape index (κ3) is 4.11. The molecule has 3 aromatic rings. The summed E-state index contributed by atoms with van der Waals surface area (Å²) in [6.45, 7) is 1.70. The van der Waals surface area contributed by atoms with Gasteiger partial charge in [-0.2, -0.15) is 0 Å². The van der Waals surface area contributed by atoms with E-state index in [4.69, 9.17) is 9.84 Å². The monoisotopic (exact) mass is 340 g/mol. The van der Waals surface area contributed by atoms with E-state index in [0.29, 0.717) is 5.75 Å². The molecule has 0 aliphatic carbocycles. The van der Waals surface area contributed by atoms with Crippen molar-refractivity contribution in [2.24, 2.45) is 0 Å². The molecule has 0 aliphatic rings. The van der Waals surface area contributed by atoms with Crippen LogP contribution < -0.4 is 10.1 Å². The molecule has 0 amide bonds. The second kappa shape index (κ2) is 7.14. The van der Waals surface area contributed by atoms with Crippen molar-refractivity contribution in [1.29, 1.82) is 0 Å². The van der Waals surface area contributed by atoms with Gasteiger partial charge in [-0.3, -0.25) is 0 Å². The number of carbonyl (C=O) groups is 1. The molecular weight excluding hydrogens is 324 g/mol. The van der Waals surface area contributed by atoms with Crippen molar-refractivity contribution in [3.05, 3.63) is 59.5 Å².